The van der Waals surface area contributed by atoms with Gasteiger partial charge in [0.1, 0.15) is 0 Å². The number of allylic oxidation sites excluding steroid dienone is 4. The summed E-state index contributed by atoms with van der Waals surface area (Å²) in [5.41, 5.74) is 12.5. The minimum absolute atomic E-state index is 1.04. The minimum Gasteiger partial charge on any atom is -0.311 e. The molecular formula is C54H39N. The Balaban J connectivity index is 1.07. The average Bonchev–Trinajstić information content (AvgIpc) is 3.27. The summed E-state index contributed by atoms with van der Waals surface area (Å²) in [5, 5.41) is 7.73. The topological polar surface area (TPSA) is 3.24 Å². The van der Waals surface area contributed by atoms with Crippen molar-refractivity contribution in [3.63, 3.8) is 0 Å². The van der Waals surface area contributed by atoms with Crippen molar-refractivity contribution < 1.29 is 0 Å². The number of benzene rings is 9. The second-order valence-corrected chi connectivity index (χ2v) is 13.8. The molecule has 0 saturated carbocycles. The molecule has 0 spiro atoms. The molecule has 0 atom stereocenters. The Labute approximate surface area is 323 Å². The second kappa shape index (κ2) is 14.7. The first-order valence-electron chi connectivity index (χ1n) is 18.7. The van der Waals surface area contributed by atoms with Crippen LogP contribution in [0.25, 0.3) is 71.3 Å². The Bertz CT molecular complexity index is 2830. The molecule has 0 amide bonds. The molecule has 55 heavy (non-hydrogen) atoms. The molecule has 260 valence electrons. The maximum atomic E-state index is 4.00. The van der Waals surface area contributed by atoms with Gasteiger partial charge in [-0.05, 0) is 125 Å². The van der Waals surface area contributed by atoms with E-state index >= 15 is 0 Å². The first-order chi connectivity index (χ1) is 27.2. The number of anilines is 3. The monoisotopic (exact) mass is 701 g/mol. The summed E-state index contributed by atoms with van der Waals surface area (Å²) >= 11 is 0. The lowest BCUT2D eigenvalue weighted by molar-refractivity contribution is 1.28. The van der Waals surface area contributed by atoms with E-state index in [1.807, 2.05) is 12.2 Å². The van der Waals surface area contributed by atoms with E-state index in [1.165, 1.54) is 65.7 Å². The Morgan fingerprint density at radius 3 is 1.29 bits per heavy atom. The largest absolute Gasteiger partial charge is 0.311 e. The number of fused-ring (bicyclic) bond motifs is 6. The van der Waals surface area contributed by atoms with Crippen LogP contribution in [0.5, 0.6) is 0 Å². The SMILES string of the molecule is C=C/C=C(\C=C)c1ccc(N(c2ccc(-c3ccccc3)cc2)c2ccc(-c3cccc(-c4ccc5c6ccccc6c6ccccc6c5c4)c3)cc2)cc1. The molecular weight excluding hydrogens is 663 g/mol. The van der Waals surface area contributed by atoms with E-state index in [9.17, 15) is 0 Å². The Kier molecular flexibility index (Phi) is 8.96. The second-order valence-electron chi connectivity index (χ2n) is 13.8. The molecule has 0 bridgehead atoms. The molecule has 9 aromatic rings. The van der Waals surface area contributed by atoms with Crippen LogP contribution < -0.4 is 4.90 Å². The minimum atomic E-state index is 1.04. The van der Waals surface area contributed by atoms with Crippen LogP contribution in [0.3, 0.4) is 0 Å². The Morgan fingerprint density at radius 2 is 0.745 bits per heavy atom. The molecule has 9 aromatic carbocycles. The quantitative estimate of drug-likeness (QED) is 0.107. The van der Waals surface area contributed by atoms with E-state index in [4.69, 9.17) is 0 Å². The smallest absolute Gasteiger partial charge is 0.0462 e. The van der Waals surface area contributed by atoms with Gasteiger partial charge < -0.3 is 4.90 Å². The molecule has 0 radical (unpaired) electrons. The van der Waals surface area contributed by atoms with Gasteiger partial charge in [-0.3, -0.25) is 0 Å². The van der Waals surface area contributed by atoms with E-state index in [-0.39, 0.29) is 0 Å². The molecule has 0 heterocycles. The number of rotatable bonds is 9. The van der Waals surface area contributed by atoms with Crippen LogP contribution in [0.4, 0.5) is 17.1 Å². The molecule has 0 aliphatic rings. The standard InChI is InChI=1S/C54H39N/c1-3-13-38(4-2)40-22-29-46(30-23-40)55(47-31-24-41(25-32-47)39-14-6-5-7-15-39)48-33-26-42(27-34-48)43-16-12-17-44(36-43)45-28-35-53-51-20-9-8-18-49(51)50-19-10-11-21-52(50)54(53)37-45/h3-37H,1-2H2/b38-13+. The van der Waals surface area contributed by atoms with Crippen LogP contribution in [0.1, 0.15) is 5.56 Å². The highest BCUT2D eigenvalue weighted by molar-refractivity contribution is 6.25. The van der Waals surface area contributed by atoms with Gasteiger partial charge in [0, 0.05) is 17.1 Å². The summed E-state index contributed by atoms with van der Waals surface area (Å²) in [6.45, 7) is 7.88. The number of nitrogens with zero attached hydrogens (tertiary/aromatic N) is 1. The van der Waals surface area contributed by atoms with Gasteiger partial charge in [-0.15, -0.1) is 0 Å². The lowest BCUT2D eigenvalue weighted by atomic mass is 9.91. The van der Waals surface area contributed by atoms with Crippen LogP contribution in [0.2, 0.25) is 0 Å². The Hall–Kier alpha value is -7.22. The maximum Gasteiger partial charge on any atom is 0.0462 e. The van der Waals surface area contributed by atoms with E-state index in [1.54, 1.807) is 6.08 Å². The Morgan fingerprint density at radius 1 is 0.345 bits per heavy atom. The van der Waals surface area contributed by atoms with E-state index in [0.29, 0.717) is 0 Å². The highest BCUT2D eigenvalue weighted by Crippen LogP contribution is 2.40. The summed E-state index contributed by atoms with van der Waals surface area (Å²) in [4.78, 5) is 2.31. The summed E-state index contributed by atoms with van der Waals surface area (Å²) in [5.74, 6) is 0. The fourth-order valence-electron chi connectivity index (χ4n) is 7.86. The zero-order valence-corrected chi connectivity index (χ0v) is 30.6. The van der Waals surface area contributed by atoms with Crippen LogP contribution in [0.15, 0.2) is 226 Å². The van der Waals surface area contributed by atoms with Gasteiger partial charge in [0.2, 0.25) is 0 Å². The van der Waals surface area contributed by atoms with Crippen LogP contribution in [0, 0.1) is 0 Å². The van der Waals surface area contributed by atoms with Crippen LogP contribution in [-0.4, -0.2) is 0 Å². The zero-order chi connectivity index (χ0) is 37.1. The molecule has 0 aromatic heterocycles. The predicted molar refractivity (Wildman–Crippen MR) is 238 cm³/mol. The van der Waals surface area contributed by atoms with Gasteiger partial charge >= 0.3 is 0 Å². The van der Waals surface area contributed by atoms with E-state index < -0.39 is 0 Å². The van der Waals surface area contributed by atoms with Crippen molar-refractivity contribution in [1.29, 1.82) is 0 Å². The third kappa shape index (κ3) is 6.43. The number of hydrogen-bond acceptors (Lipinski definition) is 1. The van der Waals surface area contributed by atoms with Gasteiger partial charge in [-0.2, -0.15) is 0 Å². The van der Waals surface area contributed by atoms with Crippen molar-refractivity contribution in [3.8, 4) is 33.4 Å². The van der Waals surface area contributed by atoms with Gasteiger partial charge in [-0.1, -0.05) is 177 Å². The molecule has 0 aliphatic carbocycles. The molecule has 0 N–H and O–H groups in total. The summed E-state index contributed by atoms with van der Waals surface area (Å²) < 4.78 is 0. The third-order valence-corrected chi connectivity index (χ3v) is 10.6. The van der Waals surface area contributed by atoms with E-state index in [0.717, 1.165) is 28.2 Å². The molecule has 0 fully saturated rings. The lowest BCUT2D eigenvalue weighted by Gasteiger charge is -2.26. The lowest BCUT2D eigenvalue weighted by Crippen LogP contribution is -2.09. The molecule has 1 heteroatoms. The predicted octanol–water partition coefficient (Wildman–Crippen LogP) is 15.4. The van der Waals surface area contributed by atoms with Crippen molar-refractivity contribution in [2.75, 3.05) is 4.90 Å². The van der Waals surface area contributed by atoms with Crippen LogP contribution in [-0.2, 0) is 0 Å². The zero-order valence-electron chi connectivity index (χ0n) is 30.6. The van der Waals surface area contributed by atoms with Crippen molar-refractivity contribution in [3.05, 3.63) is 231 Å². The highest BCUT2D eigenvalue weighted by Gasteiger charge is 2.15. The van der Waals surface area contributed by atoms with E-state index in [2.05, 4.69) is 212 Å². The average molecular weight is 702 g/mol. The molecule has 0 unspecified atom stereocenters. The summed E-state index contributed by atoms with van der Waals surface area (Å²) in [7, 11) is 0. The van der Waals surface area contributed by atoms with Gasteiger partial charge in [0.15, 0.2) is 0 Å². The molecule has 0 aliphatic heterocycles. The third-order valence-electron chi connectivity index (χ3n) is 10.6. The summed E-state index contributed by atoms with van der Waals surface area (Å²) in [6.07, 6.45) is 5.65. The van der Waals surface area contributed by atoms with Crippen molar-refractivity contribution in [2.45, 2.75) is 0 Å². The van der Waals surface area contributed by atoms with Crippen molar-refractivity contribution in [1.82, 2.24) is 0 Å². The first kappa shape index (κ1) is 33.6. The summed E-state index contributed by atoms with van der Waals surface area (Å²) in [6, 6.07) is 70.2. The molecule has 1 nitrogen and oxygen atoms in total. The first-order valence-corrected chi connectivity index (χ1v) is 18.7. The number of hydrogen-bond donors (Lipinski definition) is 0. The van der Waals surface area contributed by atoms with Gasteiger partial charge in [0.25, 0.3) is 0 Å². The van der Waals surface area contributed by atoms with Gasteiger partial charge in [-0.25, -0.2) is 0 Å². The molecule has 0 saturated heterocycles. The fraction of sp³-hybridized carbons (Fsp3) is 0. The van der Waals surface area contributed by atoms with Gasteiger partial charge in [0.05, 0.1) is 0 Å². The fourth-order valence-corrected chi connectivity index (χ4v) is 7.86. The normalized spacial score (nSPS) is 11.5. The van der Waals surface area contributed by atoms with Crippen LogP contribution >= 0.6 is 0 Å². The van der Waals surface area contributed by atoms with Crippen molar-refractivity contribution in [2.24, 2.45) is 0 Å². The molecule has 9 rings (SSSR count). The highest BCUT2D eigenvalue weighted by atomic mass is 15.1. The van der Waals surface area contributed by atoms with Crippen molar-refractivity contribution >= 4 is 55.0 Å². The maximum absolute atomic E-state index is 4.00.